The van der Waals surface area contributed by atoms with Crippen LogP contribution in [0.15, 0.2) is 0 Å². The zero-order chi connectivity index (χ0) is 7.68. The van der Waals surface area contributed by atoms with Crippen LogP contribution >= 0.6 is 0 Å². The van der Waals surface area contributed by atoms with Crippen molar-refractivity contribution >= 4 is 0 Å². The van der Waals surface area contributed by atoms with Crippen molar-refractivity contribution in [2.45, 2.75) is 45.1 Å². The average Bonchev–Trinajstić information content (AvgIpc) is 2.04. The van der Waals surface area contributed by atoms with E-state index in [9.17, 15) is 0 Å². The monoisotopic (exact) mass is 153 g/mol. The van der Waals surface area contributed by atoms with Crippen molar-refractivity contribution in [2.75, 3.05) is 6.54 Å². The minimum atomic E-state index is 0.786. The fraction of sp³-hybridized carbons (Fsp3) is 1.00. The van der Waals surface area contributed by atoms with Crippen LogP contribution in [-0.4, -0.2) is 12.6 Å². The van der Waals surface area contributed by atoms with Crippen LogP contribution in [0.1, 0.15) is 39.0 Å². The molecule has 1 aliphatic heterocycles. The molecule has 1 saturated heterocycles. The molecule has 1 heterocycles. The molecule has 0 aromatic rings. The van der Waals surface area contributed by atoms with Crippen LogP contribution in [-0.2, 0) is 0 Å². The van der Waals surface area contributed by atoms with Crippen molar-refractivity contribution in [3.05, 3.63) is 0 Å². The predicted octanol–water partition coefficient (Wildman–Crippen LogP) is 2.17. The van der Waals surface area contributed by atoms with Gasteiger partial charge in [0.15, 0.2) is 0 Å². The lowest BCUT2D eigenvalue weighted by Gasteiger charge is -2.38. The van der Waals surface area contributed by atoms with Gasteiger partial charge in [0.1, 0.15) is 0 Å². The highest BCUT2D eigenvalue weighted by molar-refractivity contribution is 4.84. The number of hydrogen-bond acceptors (Lipinski definition) is 1. The van der Waals surface area contributed by atoms with E-state index >= 15 is 0 Å². The van der Waals surface area contributed by atoms with E-state index in [4.69, 9.17) is 0 Å². The van der Waals surface area contributed by atoms with E-state index in [1.807, 2.05) is 0 Å². The van der Waals surface area contributed by atoms with Crippen LogP contribution in [0.25, 0.3) is 0 Å². The molecule has 2 fully saturated rings. The third-order valence-electron chi connectivity index (χ3n) is 3.45. The van der Waals surface area contributed by atoms with Gasteiger partial charge in [-0.1, -0.05) is 19.3 Å². The summed E-state index contributed by atoms with van der Waals surface area (Å²) in [5.74, 6) is 2.10. The molecular weight excluding hydrogens is 134 g/mol. The fourth-order valence-electron chi connectivity index (χ4n) is 2.75. The molecule has 64 valence electrons. The first kappa shape index (κ1) is 7.60. The average molecular weight is 153 g/mol. The lowest BCUT2D eigenvalue weighted by atomic mass is 9.74. The highest BCUT2D eigenvalue weighted by Gasteiger charge is 2.29. The minimum Gasteiger partial charge on any atom is -0.314 e. The number of hydrogen-bond donors (Lipinski definition) is 1. The quantitative estimate of drug-likeness (QED) is 0.562. The van der Waals surface area contributed by atoms with Crippen molar-refractivity contribution < 1.29 is 0 Å². The van der Waals surface area contributed by atoms with Gasteiger partial charge in [-0.2, -0.15) is 0 Å². The molecule has 0 amide bonds. The first-order chi connectivity index (χ1) is 5.36. The maximum absolute atomic E-state index is 3.58. The smallest absolute Gasteiger partial charge is 0.00415 e. The van der Waals surface area contributed by atoms with E-state index < -0.39 is 0 Å². The van der Waals surface area contributed by atoms with Crippen LogP contribution in [0.3, 0.4) is 0 Å². The van der Waals surface area contributed by atoms with Gasteiger partial charge in [-0.3, -0.25) is 0 Å². The van der Waals surface area contributed by atoms with Crippen LogP contribution in [0, 0.1) is 11.8 Å². The number of rotatable bonds is 0. The molecule has 0 spiro atoms. The number of piperidine rings is 1. The molecule has 0 bridgehead atoms. The molecule has 1 nitrogen and oxygen atoms in total. The van der Waals surface area contributed by atoms with Gasteiger partial charge in [0, 0.05) is 6.04 Å². The standard InChI is InChI=1S/C10H19N/c1-8-6-9-4-2-3-5-10(9)7-11-8/h8-11H,2-7H2,1H3/t8-,9+,10-/m0/s1. The molecule has 0 aromatic heterocycles. The Morgan fingerprint density at radius 2 is 1.82 bits per heavy atom. The van der Waals surface area contributed by atoms with Gasteiger partial charge in [0.05, 0.1) is 0 Å². The third-order valence-corrected chi connectivity index (χ3v) is 3.45. The van der Waals surface area contributed by atoms with Crippen LogP contribution in [0.4, 0.5) is 0 Å². The van der Waals surface area contributed by atoms with Crippen molar-refractivity contribution in [2.24, 2.45) is 11.8 Å². The number of nitrogens with one attached hydrogen (secondary N) is 1. The normalized spacial score (nSPS) is 45.0. The highest BCUT2D eigenvalue weighted by atomic mass is 14.9. The second kappa shape index (κ2) is 3.14. The van der Waals surface area contributed by atoms with Gasteiger partial charge in [-0.15, -0.1) is 0 Å². The summed E-state index contributed by atoms with van der Waals surface area (Å²) >= 11 is 0. The van der Waals surface area contributed by atoms with E-state index in [0.717, 1.165) is 17.9 Å². The fourth-order valence-corrected chi connectivity index (χ4v) is 2.75. The summed E-state index contributed by atoms with van der Waals surface area (Å²) in [7, 11) is 0. The molecule has 1 N–H and O–H groups in total. The molecule has 0 radical (unpaired) electrons. The topological polar surface area (TPSA) is 12.0 Å². The van der Waals surface area contributed by atoms with Crippen LogP contribution in [0.2, 0.25) is 0 Å². The van der Waals surface area contributed by atoms with Crippen molar-refractivity contribution in [1.29, 1.82) is 0 Å². The number of fused-ring (bicyclic) bond motifs is 1. The summed E-state index contributed by atoms with van der Waals surface area (Å²) < 4.78 is 0. The molecule has 0 aromatic carbocycles. The zero-order valence-electron chi connectivity index (χ0n) is 7.47. The zero-order valence-corrected chi connectivity index (χ0v) is 7.47. The van der Waals surface area contributed by atoms with Gasteiger partial charge in [0.25, 0.3) is 0 Å². The van der Waals surface area contributed by atoms with Gasteiger partial charge < -0.3 is 5.32 Å². The Labute approximate surface area is 69.6 Å². The lowest BCUT2D eigenvalue weighted by molar-refractivity contribution is 0.159. The lowest BCUT2D eigenvalue weighted by Crippen LogP contribution is -2.43. The Kier molecular flexibility index (Phi) is 2.17. The van der Waals surface area contributed by atoms with Crippen molar-refractivity contribution in [1.82, 2.24) is 5.32 Å². The van der Waals surface area contributed by atoms with E-state index in [1.54, 1.807) is 0 Å². The molecule has 1 aliphatic carbocycles. The van der Waals surface area contributed by atoms with Crippen LogP contribution in [0.5, 0.6) is 0 Å². The summed E-state index contributed by atoms with van der Waals surface area (Å²) in [6.07, 6.45) is 7.41. The summed E-state index contributed by atoms with van der Waals surface area (Å²) in [6.45, 7) is 3.62. The molecule has 11 heavy (non-hydrogen) atoms. The summed E-state index contributed by atoms with van der Waals surface area (Å²) in [6, 6.07) is 0.786. The van der Waals surface area contributed by atoms with Gasteiger partial charge in [-0.05, 0) is 38.1 Å². The summed E-state index contributed by atoms with van der Waals surface area (Å²) in [5, 5.41) is 3.58. The van der Waals surface area contributed by atoms with E-state index in [-0.39, 0.29) is 0 Å². The second-order valence-corrected chi connectivity index (χ2v) is 4.35. The molecule has 2 rings (SSSR count). The van der Waals surface area contributed by atoms with Crippen molar-refractivity contribution in [3.63, 3.8) is 0 Å². The van der Waals surface area contributed by atoms with Gasteiger partial charge in [-0.25, -0.2) is 0 Å². The highest BCUT2D eigenvalue weighted by Crippen LogP contribution is 2.34. The molecule has 1 heteroatoms. The first-order valence-electron chi connectivity index (χ1n) is 5.09. The SMILES string of the molecule is C[C@H]1C[C@H]2CCCC[C@H]2CN1. The second-order valence-electron chi connectivity index (χ2n) is 4.35. The van der Waals surface area contributed by atoms with E-state index in [2.05, 4.69) is 12.2 Å². The molecule has 0 unspecified atom stereocenters. The molecular formula is C10H19N. The first-order valence-corrected chi connectivity index (χ1v) is 5.09. The minimum absolute atomic E-state index is 0.786. The van der Waals surface area contributed by atoms with Gasteiger partial charge in [0.2, 0.25) is 0 Å². The predicted molar refractivity (Wildman–Crippen MR) is 47.5 cm³/mol. The summed E-state index contributed by atoms with van der Waals surface area (Å²) in [4.78, 5) is 0. The Morgan fingerprint density at radius 3 is 2.64 bits per heavy atom. The van der Waals surface area contributed by atoms with Crippen LogP contribution < -0.4 is 5.32 Å². The molecule has 1 saturated carbocycles. The van der Waals surface area contributed by atoms with E-state index in [0.29, 0.717) is 0 Å². The van der Waals surface area contributed by atoms with Gasteiger partial charge >= 0.3 is 0 Å². The maximum Gasteiger partial charge on any atom is 0.00415 e. The Morgan fingerprint density at radius 1 is 1.09 bits per heavy atom. The molecule has 2 aliphatic rings. The summed E-state index contributed by atoms with van der Waals surface area (Å²) in [5.41, 5.74) is 0. The Bertz CT molecular complexity index is 133. The largest absolute Gasteiger partial charge is 0.314 e. The third kappa shape index (κ3) is 1.58. The Balaban J connectivity index is 1.93. The van der Waals surface area contributed by atoms with E-state index in [1.165, 1.54) is 38.6 Å². The molecule has 3 atom stereocenters. The Hall–Kier alpha value is -0.0400. The maximum atomic E-state index is 3.58. The van der Waals surface area contributed by atoms with Crippen molar-refractivity contribution in [3.8, 4) is 0 Å².